The van der Waals surface area contributed by atoms with Gasteiger partial charge in [0, 0.05) is 11.6 Å². The standard InChI is InChI=1S/C22H20ClNO2S/c1-16-6-12-20(13-7-16)27(25,26)24-15-14-17-4-2-3-5-21(17)22(24)18-8-10-19(23)11-9-18/h2-13,22H,14-15H2,1H3/t22-/m1/s1. The van der Waals surface area contributed by atoms with Gasteiger partial charge in [-0.25, -0.2) is 8.42 Å². The minimum absolute atomic E-state index is 0.325. The number of sulfonamides is 1. The van der Waals surface area contributed by atoms with E-state index in [2.05, 4.69) is 6.07 Å². The Morgan fingerprint density at radius 1 is 0.926 bits per heavy atom. The van der Waals surface area contributed by atoms with Gasteiger partial charge in [-0.3, -0.25) is 0 Å². The molecule has 1 heterocycles. The SMILES string of the molecule is Cc1ccc(S(=O)(=O)N2CCc3ccccc3[C@H]2c2ccc(Cl)cc2)cc1. The number of hydrogen-bond donors (Lipinski definition) is 0. The van der Waals surface area contributed by atoms with Crippen LogP contribution in [-0.2, 0) is 16.4 Å². The predicted molar refractivity (Wildman–Crippen MR) is 109 cm³/mol. The lowest BCUT2D eigenvalue weighted by atomic mass is 9.90. The van der Waals surface area contributed by atoms with Crippen molar-refractivity contribution in [2.75, 3.05) is 6.54 Å². The van der Waals surface area contributed by atoms with E-state index in [1.54, 1.807) is 16.4 Å². The fraction of sp³-hybridized carbons (Fsp3) is 0.182. The Morgan fingerprint density at radius 3 is 2.30 bits per heavy atom. The topological polar surface area (TPSA) is 37.4 Å². The Morgan fingerprint density at radius 2 is 1.59 bits per heavy atom. The molecule has 4 rings (SSSR count). The summed E-state index contributed by atoms with van der Waals surface area (Å²) in [7, 11) is -3.63. The van der Waals surface area contributed by atoms with Gasteiger partial charge < -0.3 is 0 Å². The molecule has 0 saturated carbocycles. The van der Waals surface area contributed by atoms with Gasteiger partial charge in [-0.05, 0) is 54.3 Å². The van der Waals surface area contributed by atoms with E-state index in [9.17, 15) is 8.42 Å². The zero-order valence-corrected chi connectivity index (χ0v) is 16.5. The van der Waals surface area contributed by atoms with Crippen molar-refractivity contribution in [3.05, 3.63) is 100 Å². The largest absolute Gasteiger partial charge is 0.243 e. The zero-order chi connectivity index (χ0) is 19.0. The lowest BCUT2D eigenvalue weighted by Crippen LogP contribution is -2.40. The van der Waals surface area contributed by atoms with Crippen LogP contribution >= 0.6 is 11.6 Å². The van der Waals surface area contributed by atoms with Crippen LogP contribution in [0.15, 0.2) is 77.7 Å². The van der Waals surface area contributed by atoms with Crippen LogP contribution in [-0.4, -0.2) is 19.3 Å². The molecule has 3 aromatic rings. The fourth-order valence-corrected chi connectivity index (χ4v) is 5.36. The van der Waals surface area contributed by atoms with Crippen LogP contribution in [0, 0.1) is 6.92 Å². The maximum atomic E-state index is 13.5. The summed E-state index contributed by atoms with van der Waals surface area (Å²) < 4.78 is 28.5. The molecule has 1 aliphatic heterocycles. The van der Waals surface area contributed by atoms with Crippen molar-refractivity contribution < 1.29 is 8.42 Å². The highest BCUT2D eigenvalue weighted by Crippen LogP contribution is 2.38. The van der Waals surface area contributed by atoms with Crippen LogP contribution < -0.4 is 0 Å². The van der Waals surface area contributed by atoms with Crippen LogP contribution in [0.5, 0.6) is 0 Å². The molecule has 27 heavy (non-hydrogen) atoms. The van der Waals surface area contributed by atoms with Crippen LogP contribution in [0.1, 0.15) is 28.3 Å². The Kier molecular flexibility index (Phi) is 4.81. The lowest BCUT2D eigenvalue weighted by Gasteiger charge is -2.36. The zero-order valence-electron chi connectivity index (χ0n) is 15.0. The molecule has 0 radical (unpaired) electrons. The van der Waals surface area contributed by atoms with Gasteiger partial charge in [0.2, 0.25) is 10.0 Å². The Labute approximate surface area is 165 Å². The third-order valence-corrected chi connectivity index (χ3v) is 7.18. The highest BCUT2D eigenvalue weighted by Gasteiger charge is 2.37. The number of aryl methyl sites for hydroxylation is 1. The summed E-state index contributed by atoms with van der Waals surface area (Å²) in [5.41, 5.74) is 4.17. The van der Waals surface area contributed by atoms with Crippen molar-refractivity contribution in [2.24, 2.45) is 0 Å². The minimum atomic E-state index is -3.63. The van der Waals surface area contributed by atoms with E-state index in [1.807, 2.05) is 61.5 Å². The highest BCUT2D eigenvalue weighted by molar-refractivity contribution is 7.89. The first kappa shape index (κ1) is 18.2. The molecule has 5 heteroatoms. The van der Waals surface area contributed by atoms with Crippen molar-refractivity contribution in [1.82, 2.24) is 4.31 Å². The second-order valence-corrected chi connectivity index (χ2v) is 9.16. The van der Waals surface area contributed by atoms with Gasteiger partial charge in [0.15, 0.2) is 0 Å². The number of benzene rings is 3. The molecular weight excluding hydrogens is 378 g/mol. The molecule has 0 fully saturated rings. The maximum absolute atomic E-state index is 13.5. The summed E-state index contributed by atoms with van der Waals surface area (Å²) in [6.07, 6.45) is 0.700. The summed E-state index contributed by atoms with van der Waals surface area (Å²) in [6, 6.07) is 22.2. The third kappa shape index (κ3) is 3.41. The molecule has 0 amide bonds. The van der Waals surface area contributed by atoms with Crippen molar-refractivity contribution in [3.8, 4) is 0 Å². The molecule has 0 aliphatic carbocycles. The molecule has 3 nitrogen and oxygen atoms in total. The van der Waals surface area contributed by atoms with E-state index in [0.717, 1.165) is 16.7 Å². The molecule has 0 saturated heterocycles. The summed E-state index contributed by atoms with van der Waals surface area (Å²) in [5.74, 6) is 0. The second-order valence-electron chi connectivity index (χ2n) is 6.83. The summed E-state index contributed by atoms with van der Waals surface area (Å²) >= 11 is 6.06. The van der Waals surface area contributed by atoms with Crippen molar-refractivity contribution in [2.45, 2.75) is 24.3 Å². The first-order valence-corrected chi connectivity index (χ1v) is 10.7. The second kappa shape index (κ2) is 7.12. The van der Waals surface area contributed by atoms with Crippen LogP contribution in [0.25, 0.3) is 0 Å². The first-order valence-electron chi connectivity index (χ1n) is 8.88. The van der Waals surface area contributed by atoms with Gasteiger partial charge in [-0.1, -0.05) is 65.7 Å². The highest BCUT2D eigenvalue weighted by atomic mass is 35.5. The van der Waals surface area contributed by atoms with Crippen LogP contribution in [0.2, 0.25) is 5.02 Å². The normalized spacial score (nSPS) is 17.5. The van der Waals surface area contributed by atoms with Gasteiger partial charge in [0.25, 0.3) is 0 Å². The van der Waals surface area contributed by atoms with E-state index < -0.39 is 10.0 Å². The number of fused-ring (bicyclic) bond motifs is 1. The Hall–Kier alpha value is -2.14. The molecular formula is C22H20ClNO2S. The smallest absolute Gasteiger partial charge is 0.207 e. The van der Waals surface area contributed by atoms with Crippen LogP contribution in [0.4, 0.5) is 0 Å². The quantitative estimate of drug-likeness (QED) is 0.624. The average molecular weight is 398 g/mol. The van der Waals surface area contributed by atoms with Gasteiger partial charge in [-0.2, -0.15) is 4.31 Å². The van der Waals surface area contributed by atoms with E-state index in [4.69, 9.17) is 11.6 Å². The average Bonchev–Trinajstić information content (AvgIpc) is 2.68. The number of rotatable bonds is 3. The molecule has 138 valence electrons. The number of hydrogen-bond acceptors (Lipinski definition) is 2. The van der Waals surface area contributed by atoms with E-state index in [-0.39, 0.29) is 6.04 Å². The number of nitrogens with zero attached hydrogens (tertiary/aromatic N) is 1. The van der Waals surface area contributed by atoms with Gasteiger partial charge >= 0.3 is 0 Å². The summed E-state index contributed by atoms with van der Waals surface area (Å²) in [5, 5.41) is 0.635. The molecule has 0 spiro atoms. The number of halogens is 1. The summed E-state index contributed by atoms with van der Waals surface area (Å²) in [4.78, 5) is 0.325. The van der Waals surface area contributed by atoms with Crippen LogP contribution in [0.3, 0.4) is 0 Å². The molecule has 0 bridgehead atoms. The molecule has 1 atom stereocenters. The van der Waals surface area contributed by atoms with E-state index >= 15 is 0 Å². The van der Waals surface area contributed by atoms with Crippen molar-refractivity contribution in [3.63, 3.8) is 0 Å². The van der Waals surface area contributed by atoms with Gasteiger partial charge in [-0.15, -0.1) is 0 Å². The summed E-state index contributed by atoms with van der Waals surface area (Å²) in [6.45, 7) is 2.39. The van der Waals surface area contributed by atoms with Gasteiger partial charge in [0.1, 0.15) is 0 Å². The molecule has 1 aliphatic rings. The molecule has 0 unspecified atom stereocenters. The van der Waals surface area contributed by atoms with Gasteiger partial charge in [0.05, 0.1) is 10.9 Å². The maximum Gasteiger partial charge on any atom is 0.243 e. The minimum Gasteiger partial charge on any atom is -0.207 e. The first-order chi connectivity index (χ1) is 13.0. The van der Waals surface area contributed by atoms with E-state index in [1.165, 1.54) is 5.56 Å². The Bertz CT molecular complexity index is 1060. The molecule has 0 aromatic heterocycles. The van der Waals surface area contributed by atoms with Crippen molar-refractivity contribution >= 4 is 21.6 Å². The Balaban J connectivity index is 1.86. The predicted octanol–water partition coefficient (Wildman–Crippen LogP) is 4.98. The molecule has 3 aromatic carbocycles. The van der Waals surface area contributed by atoms with E-state index in [0.29, 0.717) is 22.9 Å². The lowest BCUT2D eigenvalue weighted by molar-refractivity contribution is 0.344. The van der Waals surface area contributed by atoms with Crippen molar-refractivity contribution in [1.29, 1.82) is 0 Å². The molecule has 0 N–H and O–H groups in total. The fourth-order valence-electron chi connectivity index (χ4n) is 3.64. The third-order valence-electron chi connectivity index (χ3n) is 5.05. The monoisotopic (exact) mass is 397 g/mol.